The Balaban J connectivity index is 1.72. The predicted octanol–water partition coefficient (Wildman–Crippen LogP) is 2.42. The van der Waals surface area contributed by atoms with E-state index in [4.69, 9.17) is 0 Å². The van der Waals surface area contributed by atoms with E-state index in [0.29, 0.717) is 0 Å². The maximum Gasteiger partial charge on any atom is 0.0205 e. The summed E-state index contributed by atoms with van der Waals surface area (Å²) in [5.74, 6) is 0.994. The molecule has 2 atom stereocenters. The van der Waals surface area contributed by atoms with E-state index in [1.807, 2.05) is 0 Å². The number of likely N-dealkylation sites (tertiary alicyclic amines) is 1. The molecular weight excluding hydrogens is 196 g/mol. The van der Waals surface area contributed by atoms with Crippen molar-refractivity contribution in [3.05, 3.63) is 12.2 Å². The van der Waals surface area contributed by atoms with Gasteiger partial charge in [-0.05, 0) is 51.5 Å². The van der Waals surface area contributed by atoms with Gasteiger partial charge in [0, 0.05) is 31.2 Å². The quantitative estimate of drug-likeness (QED) is 0.735. The van der Waals surface area contributed by atoms with E-state index < -0.39 is 0 Å². The van der Waals surface area contributed by atoms with Crippen molar-refractivity contribution in [1.82, 2.24) is 10.2 Å². The molecule has 0 aromatic heterocycles. The first kappa shape index (κ1) is 12.1. The summed E-state index contributed by atoms with van der Waals surface area (Å²) in [4.78, 5) is 2.64. The van der Waals surface area contributed by atoms with Gasteiger partial charge in [0.15, 0.2) is 0 Å². The molecule has 2 heteroatoms. The van der Waals surface area contributed by atoms with Gasteiger partial charge in [0.2, 0.25) is 0 Å². The van der Waals surface area contributed by atoms with Crippen LogP contribution in [0.2, 0.25) is 0 Å². The Kier molecular flexibility index (Phi) is 3.41. The molecule has 0 aromatic rings. The summed E-state index contributed by atoms with van der Waals surface area (Å²) in [7, 11) is 0. The summed E-state index contributed by atoms with van der Waals surface area (Å²) >= 11 is 0. The summed E-state index contributed by atoms with van der Waals surface area (Å²) < 4.78 is 0. The monoisotopic (exact) mass is 222 g/mol. The van der Waals surface area contributed by atoms with Crippen LogP contribution in [0.1, 0.15) is 40.0 Å². The molecule has 16 heavy (non-hydrogen) atoms. The van der Waals surface area contributed by atoms with Gasteiger partial charge >= 0.3 is 0 Å². The predicted molar refractivity (Wildman–Crippen MR) is 69.6 cm³/mol. The van der Waals surface area contributed by atoms with Crippen LogP contribution >= 0.6 is 0 Å². The standard InChI is InChI=1S/C14H26N2/c1-11(8-15-14(2,3)4)9-16-10-12-5-6-13(16)7-12/h12-13,15H,1,5-10H2,2-4H3. The third-order valence-electron chi connectivity index (χ3n) is 3.82. The number of rotatable bonds is 4. The van der Waals surface area contributed by atoms with Crippen molar-refractivity contribution in [2.75, 3.05) is 19.6 Å². The first-order valence-corrected chi connectivity index (χ1v) is 6.60. The highest BCUT2D eigenvalue weighted by Crippen LogP contribution is 2.37. The van der Waals surface area contributed by atoms with Gasteiger partial charge in [0.05, 0.1) is 0 Å². The topological polar surface area (TPSA) is 15.3 Å². The normalized spacial score (nSPS) is 29.9. The first-order chi connectivity index (χ1) is 7.44. The second-order valence-corrected chi connectivity index (χ2v) is 6.62. The van der Waals surface area contributed by atoms with Crippen LogP contribution in [-0.2, 0) is 0 Å². The molecule has 1 saturated carbocycles. The van der Waals surface area contributed by atoms with Gasteiger partial charge in [0.1, 0.15) is 0 Å². The molecule has 2 rings (SSSR count). The minimum atomic E-state index is 0.201. The lowest BCUT2D eigenvalue weighted by atomic mass is 10.1. The largest absolute Gasteiger partial charge is 0.308 e. The van der Waals surface area contributed by atoms with E-state index in [1.54, 1.807) is 0 Å². The molecule has 2 unspecified atom stereocenters. The van der Waals surface area contributed by atoms with Crippen molar-refractivity contribution in [3.8, 4) is 0 Å². The van der Waals surface area contributed by atoms with Crippen molar-refractivity contribution < 1.29 is 0 Å². The van der Waals surface area contributed by atoms with Gasteiger partial charge < -0.3 is 5.32 Å². The molecule has 1 heterocycles. The molecule has 0 spiro atoms. The maximum absolute atomic E-state index is 4.20. The van der Waals surface area contributed by atoms with Crippen LogP contribution in [0.25, 0.3) is 0 Å². The van der Waals surface area contributed by atoms with E-state index in [2.05, 4.69) is 37.6 Å². The molecule has 1 N–H and O–H groups in total. The minimum absolute atomic E-state index is 0.201. The number of fused-ring (bicyclic) bond motifs is 2. The molecule has 0 aromatic carbocycles. The molecule has 1 aliphatic heterocycles. The Hall–Kier alpha value is -0.340. The summed E-state index contributed by atoms with van der Waals surface area (Å²) in [6.07, 6.45) is 4.33. The summed E-state index contributed by atoms with van der Waals surface area (Å²) in [6.45, 7) is 14.2. The number of nitrogens with zero attached hydrogens (tertiary/aromatic N) is 1. The molecule has 2 fully saturated rings. The van der Waals surface area contributed by atoms with Gasteiger partial charge in [-0.1, -0.05) is 6.58 Å². The summed E-state index contributed by atoms with van der Waals surface area (Å²) in [6, 6.07) is 0.872. The van der Waals surface area contributed by atoms with Gasteiger partial charge in [0.25, 0.3) is 0 Å². The molecule has 2 nitrogen and oxygen atoms in total. The third kappa shape index (κ3) is 3.08. The van der Waals surface area contributed by atoms with Crippen LogP contribution in [0.4, 0.5) is 0 Å². The Morgan fingerprint density at radius 3 is 2.62 bits per heavy atom. The van der Waals surface area contributed by atoms with Crippen LogP contribution in [0.15, 0.2) is 12.2 Å². The van der Waals surface area contributed by atoms with Gasteiger partial charge in [-0.25, -0.2) is 0 Å². The summed E-state index contributed by atoms with van der Waals surface area (Å²) in [5.41, 5.74) is 1.54. The van der Waals surface area contributed by atoms with Crippen LogP contribution in [-0.4, -0.2) is 36.1 Å². The van der Waals surface area contributed by atoms with Crippen LogP contribution in [0.5, 0.6) is 0 Å². The van der Waals surface area contributed by atoms with Crippen molar-refractivity contribution in [2.24, 2.45) is 5.92 Å². The van der Waals surface area contributed by atoms with Crippen molar-refractivity contribution in [2.45, 2.75) is 51.6 Å². The average molecular weight is 222 g/mol. The SMILES string of the molecule is C=C(CNC(C)(C)C)CN1CC2CCC1C2. The van der Waals surface area contributed by atoms with E-state index in [0.717, 1.165) is 25.0 Å². The highest BCUT2D eigenvalue weighted by atomic mass is 15.2. The Bertz CT molecular complexity index is 264. The van der Waals surface area contributed by atoms with Crippen LogP contribution in [0, 0.1) is 5.92 Å². The van der Waals surface area contributed by atoms with Gasteiger partial charge in [-0.2, -0.15) is 0 Å². The maximum atomic E-state index is 4.20. The fourth-order valence-corrected chi connectivity index (χ4v) is 2.95. The fourth-order valence-electron chi connectivity index (χ4n) is 2.95. The highest BCUT2D eigenvalue weighted by Gasteiger charge is 2.37. The first-order valence-electron chi connectivity index (χ1n) is 6.60. The van der Waals surface area contributed by atoms with E-state index in [-0.39, 0.29) is 5.54 Å². The van der Waals surface area contributed by atoms with Crippen LogP contribution < -0.4 is 5.32 Å². The average Bonchev–Trinajstić information content (AvgIpc) is 2.75. The third-order valence-corrected chi connectivity index (χ3v) is 3.82. The minimum Gasteiger partial charge on any atom is -0.308 e. The highest BCUT2D eigenvalue weighted by molar-refractivity contribution is 5.05. The van der Waals surface area contributed by atoms with Gasteiger partial charge in [-0.15, -0.1) is 0 Å². The molecule has 2 bridgehead atoms. The number of hydrogen-bond acceptors (Lipinski definition) is 2. The van der Waals surface area contributed by atoms with E-state index in [1.165, 1.54) is 31.4 Å². The van der Waals surface area contributed by atoms with Crippen molar-refractivity contribution in [1.29, 1.82) is 0 Å². The number of hydrogen-bond donors (Lipinski definition) is 1. The lowest BCUT2D eigenvalue weighted by molar-refractivity contribution is 0.229. The molecule has 92 valence electrons. The Labute approximate surface area is 100 Å². The second-order valence-electron chi connectivity index (χ2n) is 6.62. The Morgan fingerprint density at radius 1 is 1.38 bits per heavy atom. The van der Waals surface area contributed by atoms with E-state index in [9.17, 15) is 0 Å². The smallest absolute Gasteiger partial charge is 0.0205 e. The molecule has 1 aliphatic carbocycles. The van der Waals surface area contributed by atoms with Crippen molar-refractivity contribution >= 4 is 0 Å². The lowest BCUT2D eigenvalue weighted by Gasteiger charge is -2.29. The molecule has 0 radical (unpaired) electrons. The van der Waals surface area contributed by atoms with Crippen LogP contribution in [0.3, 0.4) is 0 Å². The van der Waals surface area contributed by atoms with Gasteiger partial charge in [-0.3, -0.25) is 4.90 Å². The summed E-state index contributed by atoms with van der Waals surface area (Å²) in [5, 5.41) is 3.51. The molecule has 2 aliphatic rings. The molecular formula is C14H26N2. The molecule has 1 saturated heterocycles. The number of nitrogens with one attached hydrogen (secondary N) is 1. The zero-order valence-electron chi connectivity index (χ0n) is 11.1. The molecule has 0 amide bonds. The second kappa shape index (κ2) is 4.50. The van der Waals surface area contributed by atoms with Crippen molar-refractivity contribution in [3.63, 3.8) is 0 Å². The Morgan fingerprint density at radius 2 is 2.12 bits per heavy atom. The number of piperidine rings is 1. The zero-order valence-corrected chi connectivity index (χ0v) is 11.1. The van der Waals surface area contributed by atoms with E-state index >= 15 is 0 Å². The fraction of sp³-hybridized carbons (Fsp3) is 0.857. The lowest BCUT2D eigenvalue weighted by Crippen LogP contribution is -2.40. The zero-order chi connectivity index (χ0) is 11.8.